The van der Waals surface area contributed by atoms with Crippen LogP contribution in [0.25, 0.3) is 0 Å². The average molecular weight is 203 g/mol. The van der Waals surface area contributed by atoms with E-state index in [1.807, 2.05) is 0 Å². The van der Waals surface area contributed by atoms with Crippen molar-refractivity contribution in [2.45, 2.75) is 13.3 Å². The molecular weight excluding hydrogens is 192 g/mol. The minimum atomic E-state index is -0.207. The highest BCUT2D eigenvalue weighted by Crippen LogP contribution is 2.13. The highest BCUT2D eigenvalue weighted by Gasteiger charge is 2.14. The number of halogens is 1. The van der Waals surface area contributed by atoms with Gasteiger partial charge in [0.05, 0.1) is 5.69 Å². The third-order valence-electron chi connectivity index (χ3n) is 1.93. The van der Waals surface area contributed by atoms with Gasteiger partial charge in [-0.1, -0.05) is 11.6 Å². The molecule has 72 valence electrons. The molecule has 0 N–H and O–H groups in total. The second-order valence-electron chi connectivity index (χ2n) is 3.02. The van der Waals surface area contributed by atoms with E-state index in [9.17, 15) is 9.59 Å². The maximum absolute atomic E-state index is 11.3. The number of ketones is 1. The Bertz CT molecular complexity index is 403. The van der Waals surface area contributed by atoms with Crippen LogP contribution in [0.4, 0.5) is 0 Å². The summed E-state index contributed by atoms with van der Waals surface area (Å²) < 4.78 is 2.71. The van der Waals surface area contributed by atoms with E-state index in [4.69, 9.17) is 11.6 Å². The van der Waals surface area contributed by atoms with E-state index in [-0.39, 0.29) is 17.9 Å². The largest absolute Gasteiger partial charge is 0.329 e. The second-order valence-corrected chi connectivity index (χ2v) is 3.37. The van der Waals surface area contributed by atoms with E-state index >= 15 is 0 Å². The lowest BCUT2D eigenvalue weighted by atomic mass is 10.2. The van der Waals surface area contributed by atoms with Crippen LogP contribution in [0.5, 0.6) is 0 Å². The van der Waals surface area contributed by atoms with Gasteiger partial charge in [-0.3, -0.25) is 13.9 Å². The average Bonchev–Trinajstić information content (AvgIpc) is 2.22. The van der Waals surface area contributed by atoms with Crippen molar-refractivity contribution in [1.29, 1.82) is 0 Å². The Labute approximate surface area is 80.7 Å². The number of Topliss-reactive ketones (excluding diaryl/α,β-unsaturated/α-hetero) is 1. The molecule has 0 fully saturated rings. The lowest BCUT2D eigenvalue weighted by Gasteiger charge is -1.97. The molecule has 0 unspecified atom stereocenters. The molecule has 0 saturated carbocycles. The fraction of sp³-hybridized carbons (Fsp3) is 0.500. The van der Waals surface area contributed by atoms with Gasteiger partial charge in [0.15, 0.2) is 0 Å². The molecule has 0 aromatic carbocycles. The van der Waals surface area contributed by atoms with Gasteiger partial charge < -0.3 is 0 Å². The molecule has 5 heteroatoms. The summed E-state index contributed by atoms with van der Waals surface area (Å²) in [4.78, 5) is 22.2. The zero-order valence-corrected chi connectivity index (χ0v) is 8.55. The first kappa shape index (κ1) is 10.1. The van der Waals surface area contributed by atoms with Crippen molar-refractivity contribution >= 4 is 17.4 Å². The van der Waals surface area contributed by atoms with Crippen LogP contribution in [0.15, 0.2) is 4.79 Å². The molecule has 4 nitrogen and oxygen atoms in total. The maximum Gasteiger partial charge on any atom is 0.329 e. The van der Waals surface area contributed by atoms with E-state index in [0.29, 0.717) is 10.8 Å². The van der Waals surface area contributed by atoms with Gasteiger partial charge in [-0.25, -0.2) is 4.79 Å². The highest BCUT2D eigenvalue weighted by molar-refractivity contribution is 6.30. The number of rotatable bonds is 2. The van der Waals surface area contributed by atoms with Crippen LogP contribution < -0.4 is 5.69 Å². The van der Waals surface area contributed by atoms with Crippen LogP contribution in [-0.2, 0) is 25.3 Å². The number of carbonyl (C=O) groups excluding carboxylic acids is 1. The van der Waals surface area contributed by atoms with Crippen LogP contribution in [0, 0.1) is 0 Å². The third kappa shape index (κ3) is 1.67. The summed E-state index contributed by atoms with van der Waals surface area (Å²) in [5.41, 5.74) is 0.364. The molecule has 1 heterocycles. The smallest absolute Gasteiger partial charge is 0.300 e. The van der Waals surface area contributed by atoms with Crippen LogP contribution in [-0.4, -0.2) is 14.9 Å². The Kier molecular flexibility index (Phi) is 2.61. The fourth-order valence-corrected chi connectivity index (χ4v) is 1.45. The molecule has 0 radical (unpaired) electrons. The minimum absolute atomic E-state index is 0.0110. The SMILES string of the molecule is CC(=O)Cc1c(Cl)n(C)c(=O)n1C. The van der Waals surface area contributed by atoms with E-state index < -0.39 is 0 Å². The number of hydrogen-bond donors (Lipinski definition) is 0. The predicted octanol–water partition coefficient (Wildman–Crippen LogP) is 0.509. The van der Waals surface area contributed by atoms with Gasteiger partial charge in [0.25, 0.3) is 0 Å². The van der Waals surface area contributed by atoms with Gasteiger partial charge in [0, 0.05) is 20.5 Å². The molecule has 0 aliphatic carbocycles. The standard InChI is InChI=1S/C8H11ClN2O2/c1-5(12)4-6-7(9)11(3)8(13)10(6)2/h4H2,1-3H3. The molecule has 1 aromatic rings. The number of aromatic nitrogens is 2. The van der Waals surface area contributed by atoms with Crippen molar-refractivity contribution in [3.05, 3.63) is 21.3 Å². The summed E-state index contributed by atoms with van der Waals surface area (Å²) in [7, 11) is 3.18. The van der Waals surface area contributed by atoms with Crippen molar-refractivity contribution < 1.29 is 4.79 Å². The molecule has 0 spiro atoms. The number of hydrogen-bond acceptors (Lipinski definition) is 2. The first-order chi connectivity index (χ1) is 5.95. The molecule has 13 heavy (non-hydrogen) atoms. The van der Waals surface area contributed by atoms with E-state index in [2.05, 4.69) is 0 Å². The molecule has 1 rings (SSSR count). The molecule has 0 aliphatic rings. The zero-order valence-electron chi connectivity index (χ0n) is 7.80. The van der Waals surface area contributed by atoms with E-state index in [1.165, 1.54) is 16.1 Å². The molecule has 1 aromatic heterocycles. The predicted molar refractivity (Wildman–Crippen MR) is 50.0 cm³/mol. The Morgan fingerprint density at radius 1 is 1.38 bits per heavy atom. The normalized spacial score (nSPS) is 10.5. The number of carbonyl (C=O) groups is 1. The summed E-state index contributed by atoms with van der Waals surface area (Å²) in [6.45, 7) is 1.47. The van der Waals surface area contributed by atoms with Crippen LogP contribution >= 0.6 is 11.6 Å². The van der Waals surface area contributed by atoms with Crippen molar-refractivity contribution in [2.75, 3.05) is 0 Å². The van der Waals surface area contributed by atoms with Gasteiger partial charge in [-0.2, -0.15) is 0 Å². The quantitative estimate of drug-likeness (QED) is 0.702. The molecule has 0 atom stereocenters. The summed E-state index contributed by atoms with van der Waals surface area (Å²) >= 11 is 5.85. The summed E-state index contributed by atoms with van der Waals surface area (Å²) in [6.07, 6.45) is 0.200. The highest BCUT2D eigenvalue weighted by atomic mass is 35.5. The van der Waals surface area contributed by atoms with Crippen molar-refractivity contribution in [2.24, 2.45) is 14.1 Å². The van der Waals surface area contributed by atoms with E-state index in [1.54, 1.807) is 14.1 Å². The monoisotopic (exact) mass is 202 g/mol. The lowest BCUT2D eigenvalue weighted by Crippen LogP contribution is -2.20. The second kappa shape index (κ2) is 3.38. The Morgan fingerprint density at radius 3 is 2.23 bits per heavy atom. The lowest BCUT2D eigenvalue weighted by molar-refractivity contribution is -0.116. The van der Waals surface area contributed by atoms with Crippen LogP contribution in [0.3, 0.4) is 0 Å². The van der Waals surface area contributed by atoms with Crippen molar-refractivity contribution in [3.63, 3.8) is 0 Å². The van der Waals surface area contributed by atoms with Crippen molar-refractivity contribution in [1.82, 2.24) is 9.13 Å². The Hall–Kier alpha value is -1.03. The number of nitrogens with zero attached hydrogens (tertiary/aromatic N) is 2. The summed E-state index contributed by atoms with van der Waals surface area (Å²) in [5, 5.41) is 0.336. The first-order valence-electron chi connectivity index (χ1n) is 3.84. The molecule has 0 aliphatic heterocycles. The van der Waals surface area contributed by atoms with Gasteiger partial charge in [0.2, 0.25) is 0 Å². The molecule has 0 saturated heterocycles. The summed E-state index contributed by atoms with van der Waals surface area (Å²) in [6, 6.07) is 0. The van der Waals surface area contributed by atoms with Crippen LogP contribution in [0.2, 0.25) is 5.15 Å². The van der Waals surface area contributed by atoms with Gasteiger partial charge in [-0.05, 0) is 6.92 Å². The minimum Gasteiger partial charge on any atom is -0.300 e. The molecule has 0 bridgehead atoms. The topological polar surface area (TPSA) is 44.0 Å². The molecule has 0 amide bonds. The number of imidazole rings is 1. The fourth-order valence-electron chi connectivity index (χ4n) is 1.18. The third-order valence-corrected chi connectivity index (χ3v) is 2.40. The van der Waals surface area contributed by atoms with Gasteiger partial charge in [-0.15, -0.1) is 0 Å². The summed E-state index contributed by atoms with van der Waals surface area (Å²) in [5.74, 6) is -0.0110. The Morgan fingerprint density at radius 2 is 1.92 bits per heavy atom. The van der Waals surface area contributed by atoms with Gasteiger partial charge >= 0.3 is 5.69 Å². The molecular formula is C8H11ClN2O2. The van der Waals surface area contributed by atoms with Gasteiger partial charge in [0.1, 0.15) is 10.9 Å². The first-order valence-corrected chi connectivity index (χ1v) is 4.22. The van der Waals surface area contributed by atoms with Crippen LogP contribution in [0.1, 0.15) is 12.6 Å². The maximum atomic E-state index is 11.3. The van der Waals surface area contributed by atoms with Crippen molar-refractivity contribution in [3.8, 4) is 0 Å². The Balaban J connectivity index is 3.29. The van der Waals surface area contributed by atoms with E-state index in [0.717, 1.165) is 0 Å². The zero-order chi connectivity index (χ0) is 10.2.